The lowest BCUT2D eigenvalue weighted by molar-refractivity contribution is -0.139. The normalized spacial score (nSPS) is 11.8. The number of benzene rings is 1. The molecule has 206 valence electrons. The number of amides is 2. The highest BCUT2D eigenvalue weighted by Crippen LogP contribution is 2.33. The Balaban J connectivity index is 1.53. The summed E-state index contributed by atoms with van der Waals surface area (Å²) in [4.78, 5) is 22.9. The van der Waals surface area contributed by atoms with Gasteiger partial charge in [0.15, 0.2) is 5.82 Å². The number of fused-ring (bicyclic) bond motifs is 1. The number of pyridine rings is 1. The quantitative estimate of drug-likeness (QED) is 0.261. The SMILES string of the molecule is CCN(CCOC)Cc1cc(-c2ccc(NC(=O)Nc3ccc(F)c(C(F)(F)F)c3)nc2)c2c(N)ncnn12. The van der Waals surface area contributed by atoms with Crippen molar-refractivity contribution in [1.29, 1.82) is 0 Å². The molecule has 0 aliphatic rings. The van der Waals surface area contributed by atoms with E-state index in [9.17, 15) is 22.4 Å². The minimum absolute atomic E-state index is 0.138. The maximum Gasteiger partial charge on any atom is 0.419 e. The van der Waals surface area contributed by atoms with E-state index in [-0.39, 0.29) is 17.3 Å². The van der Waals surface area contributed by atoms with Crippen molar-refractivity contribution in [3.05, 3.63) is 66.0 Å². The van der Waals surface area contributed by atoms with Gasteiger partial charge in [-0.15, -0.1) is 0 Å². The predicted molar refractivity (Wildman–Crippen MR) is 138 cm³/mol. The van der Waals surface area contributed by atoms with Gasteiger partial charge in [-0.3, -0.25) is 10.2 Å². The van der Waals surface area contributed by atoms with Crippen LogP contribution in [0, 0.1) is 5.82 Å². The summed E-state index contributed by atoms with van der Waals surface area (Å²) in [7, 11) is 1.65. The number of rotatable bonds is 9. The molecule has 4 N–H and O–H groups in total. The van der Waals surface area contributed by atoms with E-state index in [0.29, 0.717) is 36.4 Å². The average Bonchev–Trinajstić information content (AvgIpc) is 3.27. The van der Waals surface area contributed by atoms with E-state index < -0.39 is 23.6 Å². The van der Waals surface area contributed by atoms with Crippen LogP contribution >= 0.6 is 0 Å². The van der Waals surface area contributed by atoms with Crippen LogP contribution in [-0.4, -0.2) is 57.3 Å². The van der Waals surface area contributed by atoms with Crippen LogP contribution in [0.2, 0.25) is 0 Å². The number of urea groups is 1. The molecule has 1 aromatic carbocycles. The molecule has 0 saturated heterocycles. The second kappa shape index (κ2) is 11.6. The number of anilines is 3. The zero-order valence-electron chi connectivity index (χ0n) is 21.1. The summed E-state index contributed by atoms with van der Waals surface area (Å²) in [6.45, 7) is 4.75. The lowest BCUT2D eigenvalue weighted by Crippen LogP contribution is -2.27. The zero-order chi connectivity index (χ0) is 28.2. The first-order valence-corrected chi connectivity index (χ1v) is 11.8. The van der Waals surface area contributed by atoms with Gasteiger partial charge < -0.3 is 15.8 Å². The molecule has 0 aliphatic heterocycles. The molecule has 0 radical (unpaired) electrons. The summed E-state index contributed by atoms with van der Waals surface area (Å²) in [5.41, 5.74) is 7.37. The second-order valence-electron chi connectivity index (χ2n) is 8.52. The first-order chi connectivity index (χ1) is 18.6. The van der Waals surface area contributed by atoms with Crippen LogP contribution in [0.25, 0.3) is 16.6 Å². The van der Waals surface area contributed by atoms with Crippen LogP contribution in [0.5, 0.6) is 0 Å². The number of nitrogens with one attached hydrogen (secondary N) is 2. The lowest BCUT2D eigenvalue weighted by atomic mass is 10.1. The lowest BCUT2D eigenvalue weighted by Gasteiger charge is -2.19. The number of nitrogen functional groups attached to an aromatic ring is 1. The molecule has 3 heterocycles. The minimum atomic E-state index is -4.90. The van der Waals surface area contributed by atoms with Crippen molar-refractivity contribution in [3.63, 3.8) is 0 Å². The van der Waals surface area contributed by atoms with Gasteiger partial charge in [-0.25, -0.2) is 23.7 Å². The van der Waals surface area contributed by atoms with Crippen molar-refractivity contribution in [2.45, 2.75) is 19.6 Å². The number of aromatic nitrogens is 4. The third-order valence-corrected chi connectivity index (χ3v) is 5.95. The standard InChI is InChI=1S/C25H26F4N8O2/c1-3-36(8-9-39-2)13-17-11-18(22-23(30)32-14-33-37(17)22)15-4-7-21(31-12-15)35-24(38)34-16-5-6-20(26)19(10-16)25(27,28)29/h4-7,10-12,14H,3,8-9,13H2,1-2H3,(H2,30,32,33)(H2,31,34,35,38). The number of carbonyl (C=O) groups excluding carboxylic acids is 1. The Morgan fingerprint density at radius 1 is 1.15 bits per heavy atom. The number of ether oxygens (including phenoxy) is 1. The van der Waals surface area contributed by atoms with Crippen molar-refractivity contribution in [2.24, 2.45) is 0 Å². The van der Waals surface area contributed by atoms with Gasteiger partial charge in [0.05, 0.1) is 17.9 Å². The molecule has 0 atom stereocenters. The van der Waals surface area contributed by atoms with Gasteiger partial charge in [-0.1, -0.05) is 6.92 Å². The van der Waals surface area contributed by atoms with E-state index in [4.69, 9.17) is 10.5 Å². The maximum atomic E-state index is 13.5. The Morgan fingerprint density at radius 2 is 1.95 bits per heavy atom. The highest BCUT2D eigenvalue weighted by molar-refractivity contribution is 5.99. The van der Waals surface area contributed by atoms with Gasteiger partial charge in [0.1, 0.15) is 23.5 Å². The van der Waals surface area contributed by atoms with Gasteiger partial charge in [-0.05, 0) is 42.9 Å². The number of alkyl halides is 3. The van der Waals surface area contributed by atoms with Crippen LogP contribution < -0.4 is 16.4 Å². The molecule has 0 unspecified atom stereocenters. The van der Waals surface area contributed by atoms with Crippen LogP contribution in [0.1, 0.15) is 18.2 Å². The Bertz CT molecular complexity index is 1460. The van der Waals surface area contributed by atoms with E-state index in [0.717, 1.165) is 30.4 Å². The summed E-state index contributed by atoms with van der Waals surface area (Å²) in [6, 6.07) is 6.51. The smallest absolute Gasteiger partial charge is 0.383 e. The predicted octanol–water partition coefficient (Wildman–Crippen LogP) is 4.64. The molecule has 14 heteroatoms. The molecule has 0 saturated carbocycles. The highest BCUT2D eigenvalue weighted by atomic mass is 19.4. The summed E-state index contributed by atoms with van der Waals surface area (Å²) in [6.07, 6.45) is -2.00. The highest BCUT2D eigenvalue weighted by Gasteiger charge is 2.34. The molecule has 4 aromatic rings. The number of nitrogens with two attached hydrogens (primary N) is 1. The molecule has 0 aliphatic carbocycles. The van der Waals surface area contributed by atoms with Crippen molar-refractivity contribution < 1.29 is 27.1 Å². The van der Waals surface area contributed by atoms with Gasteiger partial charge in [0, 0.05) is 43.2 Å². The molecular formula is C25H26F4N8O2. The molecule has 4 rings (SSSR count). The molecule has 0 spiro atoms. The first-order valence-electron chi connectivity index (χ1n) is 11.8. The van der Waals surface area contributed by atoms with Gasteiger partial charge in [0.2, 0.25) is 0 Å². The van der Waals surface area contributed by atoms with E-state index in [1.807, 2.05) is 13.0 Å². The number of hydrogen-bond acceptors (Lipinski definition) is 7. The first kappa shape index (κ1) is 27.7. The fourth-order valence-electron chi connectivity index (χ4n) is 3.99. The summed E-state index contributed by atoms with van der Waals surface area (Å²) in [5, 5.41) is 9.05. The molecule has 10 nitrogen and oxygen atoms in total. The van der Waals surface area contributed by atoms with Crippen molar-refractivity contribution in [1.82, 2.24) is 24.5 Å². The Morgan fingerprint density at radius 3 is 2.62 bits per heavy atom. The fourth-order valence-corrected chi connectivity index (χ4v) is 3.99. The number of methoxy groups -OCH3 is 1. The molecule has 0 fully saturated rings. The molecule has 3 aromatic heterocycles. The Labute approximate surface area is 220 Å². The third kappa shape index (κ3) is 6.41. The van der Waals surface area contributed by atoms with Gasteiger partial charge >= 0.3 is 12.2 Å². The number of hydrogen-bond donors (Lipinski definition) is 3. The number of likely N-dealkylation sites (N-methyl/N-ethyl adjacent to an activating group) is 1. The third-order valence-electron chi connectivity index (χ3n) is 5.95. The minimum Gasteiger partial charge on any atom is -0.383 e. The van der Waals surface area contributed by atoms with Crippen LogP contribution in [0.3, 0.4) is 0 Å². The van der Waals surface area contributed by atoms with Crippen molar-refractivity contribution in [3.8, 4) is 11.1 Å². The molecule has 39 heavy (non-hydrogen) atoms. The number of carbonyl (C=O) groups is 1. The Kier molecular flexibility index (Phi) is 8.26. The van der Waals surface area contributed by atoms with Crippen LogP contribution in [0.4, 0.5) is 39.7 Å². The molecule has 0 bridgehead atoms. The van der Waals surface area contributed by atoms with E-state index >= 15 is 0 Å². The van der Waals surface area contributed by atoms with Gasteiger partial charge in [0.25, 0.3) is 0 Å². The number of halogens is 4. The second-order valence-corrected chi connectivity index (χ2v) is 8.52. The van der Waals surface area contributed by atoms with Crippen molar-refractivity contribution >= 4 is 28.9 Å². The largest absolute Gasteiger partial charge is 0.419 e. The van der Waals surface area contributed by atoms with E-state index in [1.54, 1.807) is 17.7 Å². The maximum absolute atomic E-state index is 13.5. The summed E-state index contributed by atoms with van der Waals surface area (Å²) >= 11 is 0. The Hall–Kier alpha value is -4.30. The van der Waals surface area contributed by atoms with Crippen LogP contribution in [-0.2, 0) is 17.5 Å². The number of nitrogens with zero attached hydrogens (tertiary/aromatic N) is 5. The monoisotopic (exact) mass is 546 g/mol. The zero-order valence-corrected chi connectivity index (χ0v) is 21.1. The topological polar surface area (TPSA) is 123 Å². The summed E-state index contributed by atoms with van der Waals surface area (Å²) < 4.78 is 59.2. The molecule has 2 amide bonds. The summed E-state index contributed by atoms with van der Waals surface area (Å²) in [5.74, 6) is -1.01. The van der Waals surface area contributed by atoms with E-state index in [2.05, 4.69) is 30.6 Å². The van der Waals surface area contributed by atoms with E-state index in [1.165, 1.54) is 18.6 Å². The van der Waals surface area contributed by atoms with Gasteiger partial charge in [-0.2, -0.15) is 18.3 Å². The van der Waals surface area contributed by atoms with Crippen LogP contribution in [0.15, 0.2) is 48.9 Å². The average molecular weight is 547 g/mol. The van der Waals surface area contributed by atoms with Crippen molar-refractivity contribution in [2.75, 3.05) is 43.2 Å². The molecular weight excluding hydrogens is 520 g/mol. The fraction of sp³-hybridized carbons (Fsp3) is 0.280.